The van der Waals surface area contributed by atoms with Gasteiger partial charge in [0.25, 0.3) is 5.91 Å². The molecule has 0 radical (unpaired) electrons. The number of carbonyl (C=O) groups excluding carboxylic acids is 1. The molecule has 3 aromatic rings. The summed E-state index contributed by atoms with van der Waals surface area (Å²) in [5.41, 5.74) is 0.457. The second-order valence-corrected chi connectivity index (χ2v) is 6.37. The number of rotatable bonds is 3. The summed E-state index contributed by atoms with van der Waals surface area (Å²) < 4.78 is 14.8. The highest BCUT2D eigenvalue weighted by molar-refractivity contribution is 5.93. The first kappa shape index (κ1) is 16.4. The summed E-state index contributed by atoms with van der Waals surface area (Å²) in [7, 11) is 0. The lowest BCUT2D eigenvalue weighted by Crippen LogP contribution is -2.34. The number of aliphatic hydroxyl groups is 1. The number of likely N-dealkylation sites (tertiary alicyclic amines) is 1. The Bertz CT molecular complexity index is 927. The molecule has 1 fully saturated rings. The molecule has 1 atom stereocenters. The molecular formula is C19H17FN4O2. The van der Waals surface area contributed by atoms with Crippen LogP contribution in [-0.4, -0.2) is 43.8 Å². The Morgan fingerprint density at radius 3 is 2.73 bits per heavy atom. The first-order valence-corrected chi connectivity index (χ1v) is 8.29. The molecule has 1 unspecified atom stereocenters. The Hall–Kier alpha value is -3.06. The summed E-state index contributed by atoms with van der Waals surface area (Å²) >= 11 is 0. The molecule has 0 bridgehead atoms. The molecule has 0 spiro atoms. The highest BCUT2D eigenvalue weighted by Gasteiger charge is 2.40. The molecule has 2 aromatic heterocycles. The standard InChI is InChI=1S/C19H17FN4O2/c20-15-4-2-14(3-5-15)19(26)7-11-23(13-19)18(25)17-12-16(6-9-21-17)24-10-1-8-22-24/h1-6,8-10,12,26H,7,11,13H2. The molecule has 6 nitrogen and oxygen atoms in total. The van der Waals surface area contributed by atoms with Gasteiger partial charge in [-0.3, -0.25) is 9.78 Å². The molecule has 0 saturated carbocycles. The lowest BCUT2D eigenvalue weighted by Gasteiger charge is -2.24. The molecule has 3 heterocycles. The fourth-order valence-electron chi connectivity index (χ4n) is 3.23. The summed E-state index contributed by atoms with van der Waals surface area (Å²) in [5.74, 6) is -0.611. The number of hydrogen-bond donors (Lipinski definition) is 1. The molecule has 132 valence electrons. The van der Waals surface area contributed by atoms with E-state index in [2.05, 4.69) is 10.1 Å². The molecule has 1 N–H and O–H groups in total. The van der Waals surface area contributed by atoms with Gasteiger partial charge in [0.05, 0.1) is 12.2 Å². The van der Waals surface area contributed by atoms with Gasteiger partial charge in [-0.2, -0.15) is 5.10 Å². The Morgan fingerprint density at radius 1 is 1.19 bits per heavy atom. The van der Waals surface area contributed by atoms with E-state index in [9.17, 15) is 14.3 Å². The van der Waals surface area contributed by atoms with Gasteiger partial charge in [-0.05, 0) is 42.3 Å². The van der Waals surface area contributed by atoms with E-state index >= 15 is 0 Å². The number of carbonyl (C=O) groups is 1. The minimum atomic E-state index is -1.18. The van der Waals surface area contributed by atoms with Gasteiger partial charge in [-0.15, -0.1) is 0 Å². The van der Waals surface area contributed by atoms with Crippen molar-refractivity contribution in [1.29, 1.82) is 0 Å². The molecule has 26 heavy (non-hydrogen) atoms. The maximum Gasteiger partial charge on any atom is 0.272 e. The second kappa shape index (κ2) is 6.34. The van der Waals surface area contributed by atoms with Gasteiger partial charge < -0.3 is 10.0 Å². The molecule has 7 heteroatoms. The van der Waals surface area contributed by atoms with Crippen LogP contribution in [0.15, 0.2) is 61.1 Å². The molecule has 0 aliphatic carbocycles. The Balaban J connectivity index is 1.55. The quantitative estimate of drug-likeness (QED) is 0.784. The van der Waals surface area contributed by atoms with Gasteiger partial charge in [-0.1, -0.05) is 12.1 Å². The highest BCUT2D eigenvalue weighted by atomic mass is 19.1. The van der Waals surface area contributed by atoms with Crippen LogP contribution < -0.4 is 0 Å². The fourth-order valence-corrected chi connectivity index (χ4v) is 3.23. The maximum absolute atomic E-state index is 13.1. The van der Waals surface area contributed by atoms with E-state index in [0.29, 0.717) is 24.2 Å². The van der Waals surface area contributed by atoms with Crippen molar-refractivity contribution in [2.45, 2.75) is 12.0 Å². The smallest absolute Gasteiger partial charge is 0.272 e. The van der Waals surface area contributed by atoms with Crippen LogP contribution in [0.4, 0.5) is 4.39 Å². The second-order valence-electron chi connectivity index (χ2n) is 6.37. The van der Waals surface area contributed by atoms with Crippen molar-refractivity contribution in [3.8, 4) is 5.69 Å². The molecule has 1 aromatic carbocycles. The van der Waals surface area contributed by atoms with Gasteiger partial charge >= 0.3 is 0 Å². The highest BCUT2D eigenvalue weighted by Crippen LogP contribution is 2.32. The number of β-amino-alcohol motifs (C(OH)–C–C–N with tert-alkyl or cyclic N) is 1. The number of halogens is 1. The van der Waals surface area contributed by atoms with E-state index in [1.807, 2.05) is 0 Å². The van der Waals surface area contributed by atoms with E-state index in [1.54, 1.807) is 58.5 Å². The van der Waals surface area contributed by atoms with Gasteiger partial charge in [0.15, 0.2) is 0 Å². The molecule has 4 rings (SSSR count). The largest absolute Gasteiger partial charge is 0.383 e. The summed E-state index contributed by atoms with van der Waals surface area (Å²) in [5, 5.41) is 15.0. The molecular weight excluding hydrogens is 335 g/mol. The molecule has 1 aliphatic heterocycles. The Labute approximate surface area is 149 Å². The summed E-state index contributed by atoms with van der Waals surface area (Å²) in [6.45, 7) is 0.547. The van der Waals surface area contributed by atoms with Crippen LogP contribution in [0.1, 0.15) is 22.5 Å². The van der Waals surface area contributed by atoms with Crippen LogP contribution in [0.5, 0.6) is 0 Å². The zero-order chi connectivity index (χ0) is 18.1. The number of hydrogen-bond acceptors (Lipinski definition) is 4. The summed E-state index contributed by atoms with van der Waals surface area (Å²) in [6.07, 6.45) is 5.40. The molecule has 1 aliphatic rings. The lowest BCUT2D eigenvalue weighted by atomic mass is 9.93. The summed E-state index contributed by atoms with van der Waals surface area (Å²) in [4.78, 5) is 18.5. The minimum absolute atomic E-state index is 0.144. The SMILES string of the molecule is O=C(c1cc(-n2cccn2)ccn1)N1CCC(O)(c2ccc(F)cc2)C1. The number of aromatic nitrogens is 3. The maximum atomic E-state index is 13.1. The van der Waals surface area contributed by atoms with Gasteiger partial charge in [-0.25, -0.2) is 9.07 Å². The average molecular weight is 352 g/mol. The van der Waals surface area contributed by atoms with Crippen LogP contribution in [0.2, 0.25) is 0 Å². The average Bonchev–Trinajstić information content (AvgIpc) is 3.32. The first-order valence-electron chi connectivity index (χ1n) is 8.29. The van der Waals surface area contributed by atoms with Crippen LogP contribution in [0.3, 0.4) is 0 Å². The van der Waals surface area contributed by atoms with E-state index in [4.69, 9.17) is 0 Å². The lowest BCUT2D eigenvalue weighted by molar-refractivity contribution is 0.0415. The number of pyridine rings is 1. The van der Waals surface area contributed by atoms with Crippen LogP contribution in [0, 0.1) is 5.82 Å². The van der Waals surface area contributed by atoms with Crippen molar-refractivity contribution in [3.63, 3.8) is 0 Å². The Morgan fingerprint density at radius 2 is 2.00 bits per heavy atom. The summed E-state index contributed by atoms with van der Waals surface area (Å²) in [6, 6.07) is 11.0. The van der Waals surface area contributed by atoms with Crippen molar-refractivity contribution < 1.29 is 14.3 Å². The van der Waals surface area contributed by atoms with E-state index in [-0.39, 0.29) is 18.3 Å². The predicted molar refractivity (Wildman–Crippen MR) is 92.2 cm³/mol. The van der Waals surface area contributed by atoms with Gasteiger partial charge in [0.2, 0.25) is 0 Å². The number of nitrogens with zero attached hydrogens (tertiary/aromatic N) is 4. The number of benzene rings is 1. The van der Waals surface area contributed by atoms with Crippen molar-refractivity contribution in [2.24, 2.45) is 0 Å². The monoisotopic (exact) mass is 352 g/mol. The predicted octanol–water partition coefficient (Wildman–Crippen LogP) is 2.14. The fraction of sp³-hybridized carbons (Fsp3) is 0.211. The van der Waals surface area contributed by atoms with Crippen molar-refractivity contribution >= 4 is 5.91 Å². The van der Waals surface area contributed by atoms with E-state index in [0.717, 1.165) is 5.69 Å². The molecule has 1 saturated heterocycles. The Kier molecular flexibility index (Phi) is 4.00. The third kappa shape index (κ3) is 2.97. The van der Waals surface area contributed by atoms with Crippen molar-refractivity contribution in [1.82, 2.24) is 19.7 Å². The van der Waals surface area contributed by atoms with Crippen molar-refractivity contribution in [3.05, 3.63) is 78.1 Å². The normalized spacial score (nSPS) is 19.7. The van der Waals surface area contributed by atoms with E-state index in [1.165, 1.54) is 12.1 Å². The zero-order valence-electron chi connectivity index (χ0n) is 13.9. The van der Waals surface area contributed by atoms with Crippen LogP contribution in [0.25, 0.3) is 5.69 Å². The number of amides is 1. The van der Waals surface area contributed by atoms with Crippen LogP contribution in [-0.2, 0) is 5.60 Å². The minimum Gasteiger partial charge on any atom is -0.383 e. The third-order valence-corrected chi connectivity index (χ3v) is 4.65. The third-order valence-electron chi connectivity index (χ3n) is 4.65. The van der Waals surface area contributed by atoms with E-state index < -0.39 is 5.60 Å². The topological polar surface area (TPSA) is 71.2 Å². The van der Waals surface area contributed by atoms with Gasteiger partial charge in [0.1, 0.15) is 17.1 Å². The van der Waals surface area contributed by atoms with Crippen LogP contribution >= 0.6 is 0 Å². The molecule has 1 amide bonds. The zero-order valence-corrected chi connectivity index (χ0v) is 13.9. The van der Waals surface area contributed by atoms with Crippen molar-refractivity contribution in [2.75, 3.05) is 13.1 Å². The van der Waals surface area contributed by atoms with Gasteiger partial charge in [0, 0.05) is 25.1 Å². The first-order chi connectivity index (χ1) is 12.5.